The molecule has 5 aliphatic carbocycles. The van der Waals surface area contributed by atoms with E-state index in [1.807, 2.05) is 38.1 Å². The molecule has 1 spiro atoms. The topological polar surface area (TPSA) is 74.7 Å². The first-order chi connectivity index (χ1) is 17.0. The average Bonchev–Trinajstić information content (AvgIpc) is 3.10. The molecule has 0 aromatic heterocycles. The number of carboxylic acid groups (broad SMARTS) is 1. The minimum Gasteiger partial charge on any atom is -0.481 e. The van der Waals surface area contributed by atoms with E-state index in [0.29, 0.717) is 11.6 Å². The molecule has 192 valence electrons. The lowest BCUT2D eigenvalue weighted by Gasteiger charge is -2.68. The minimum absolute atomic E-state index is 0.0315. The summed E-state index contributed by atoms with van der Waals surface area (Å²) in [4.78, 5) is 42.3. The number of fused-ring (bicyclic) bond motifs is 1. The monoisotopic (exact) mass is 489 g/mol. The van der Waals surface area contributed by atoms with Crippen molar-refractivity contribution in [2.75, 3.05) is 4.90 Å². The van der Waals surface area contributed by atoms with Gasteiger partial charge in [-0.15, -0.1) is 0 Å². The van der Waals surface area contributed by atoms with Crippen LogP contribution in [0.2, 0.25) is 0 Å². The summed E-state index contributed by atoms with van der Waals surface area (Å²) in [6.45, 7) is 10.7. The zero-order valence-electron chi connectivity index (χ0n) is 22.2. The van der Waals surface area contributed by atoms with Crippen LogP contribution in [0.5, 0.6) is 0 Å². The van der Waals surface area contributed by atoms with Crippen LogP contribution in [-0.4, -0.2) is 22.9 Å². The second kappa shape index (κ2) is 7.55. The van der Waals surface area contributed by atoms with Crippen molar-refractivity contribution in [2.45, 2.75) is 73.1 Å². The molecule has 1 heterocycles. The number of nitrogens with zero attached hydrogens (tertiary/aromatic N) is 1. The number of aliphatic carboxylic acids is 1. The number of aryl methyl sites for hydroxylation is 1. The van der Waals surface area contributed by atoms with Gasteiger partial charge in [-0.05, 0) is 92.7 Å². The van der Waals surface area contributed by atoms with Crippen LogP contribution in [0.25, 0.3) is 0 Å². The number of carbonyl (C=O) groups is 3. The molecule has 1 aromatic rings. The van der Waals surface area contributed by atoms with Gasteiger partial charge in [0.25, 0.3) is 0 Å². The number of carbonyl (C=O) groups excluding carboxylic acids is 2. The maximum absolute atomic E-state index is 14.3. The number of rotatable bonds is 3. The minimum atomic E-state index is -0.724. The number of hydrogen-bond acceptors (Lipinski definition) is 3. The first-order valence-corrected chi connectivity index (χ1v) is 13.9. The Balaban J connectivity index is 1.50. The largest absolute Gasteiger partial charge is 0.481 e. The molecular weight excluding hydrogens is 450 g/mol. The second-order valence-electron chi connectivity index (χ2n) is 13.3. The van der Waals surface area contributed by atoms with Gasteiger partial charge in [0.15, 0.2) is 0 Å². The molecule has 1 aliphatic heterocycles. The lowest BCUT2D eigenvalue weighted by Crippen LogP contribution is -2.65. The SMILES string of the molecule is Cc1cccc(N2C(=O)[C@@H]3[C@@H](C2=O)[C@@]24C=C(C(C)C)[C@@H]3C[C@@H]2[C@@]2(C)CCC[C@@](C)(C(=O)O)[C@@H]2CC4)c1. The number of hydrogen-bond donors (Lipinski definition) is 1. The van der Waals surface area contributed by atoms with Gasteiger partial charge in [-0.3, -0.25) is 14.4 Å². The molecule has 36 heavy (non-hydrogen) atoms. The third kappa shape index (κ3) is 2.80. The lowest BCUT2D eigenvalue weighted by molar-refractivity contribution is -0.194. The van der Waals surface area contributed by atoms with Crippen molar-refractivity contribution in [1.82, 2.24) is 0 Å². The summed E-state index contributed by atoms with van der Waals surface area (Å²) in [7, 11) is 0. The predicted molar refractivity (Wildman–Crippen MR) is 138 cm³/mol. The molecule has 7 rings (SSSR count). The molecule has 0 unspecified atom stereocenters. The van der Waals surface area contributed by atoms with Gasteiger partial charge in [0, 0.05) is 5.41 Å². The van der Waals surface area contributed by atoms with Crippen LogP contribution in [0.15, 0.2) is 35.9 Å². The molecule has 2 amide bonds. The maximum Gasteiger partial charge on any atom is 0.309 e. The van der Waals surface area contributed by atoms with Crippen LogP contribution < -0.4 is 4.90 Å². The molecule has 3 saturated carbocycles. The molecular formula is C31H39NO4. The Hall–Kier alpha value is -2.43. The van der Waals surface area contributed by atoms with E-state index in [4.69, 9.17) is 0 Å². The van der Waals surface area contributed by atoms with Gasteiger partial charge in [0.2, 0.25) is 11.8 Å². The van der Waals surface area contributed by atoms with Gasteiger partial charge in [0.05, 0.1) is 22.9 Å². The Bertz CT molecular complexity index is 1200. The van der Waals surface area contributed by atoms with Gasteiger partial charge in [0.1, 0.15) is 0 Å². The van der Waals surface area contributed by atoms with Gasteiger partial charge in [-0.1, -0.05) is 51.0 Å². The van der Waals surface area contributed by atoms with E-state index in [0.717, 1.165) is 44.1 Å². The second-order valence-corrected chi connectivity index (χ2v) is 13.3. The Morgan fingerprint density at radius 3 is 2.50 bits per heavy atom. The molecule has 8 atom stereocenters. The maximum atomic E-state index is 14.3. The quantitative estimate of drug-likeness (QED) is 0.417. The van der Waals surface area contributed by atoms with Crippen molar-refractivity contribution < 1.29 is 19.5 Å². The van der Waals surface area contributed by atoms with Gasteiger partial charge >= 0.3 is 5.97 Å². The fraction of sp³-hybridized carbons (Fsp3) is 0.645. The highest BCUT2D eigenvalue weighted by molar-refractivity contribution is 6.23. The van der Waals surface area contributed by atoms with Crippen molar-refractivity contribution in [3.05, 3.63) is 41.5 Å². The highest BCUT2D eigenvalue weighted by Gasteiger charge is 2.73. The summed E-state index contributed by atoms with van der Waals surface area (Å²) >= 11 is 0. The van der Waals surface area contributed by atoms with Gasteiger partial charge < -0.3 is 5.11 Å². The fourth-order valence-corrected chi connectivity index (χ4v) is 9.98. The normalized spacial score (nSPS) is 43.2. The lowest BCUT2D eigenvalue weighted by atomic mass is 9.34. The Kier molecular flexibility index (Phi) is 5.02. The van der Waals surface area contributed by atoms with Crippen molar-refractivity contribution in [3.8, 4) is 0 Å². The number of carboxylic acids is 1. The molecule has 1 saturated heterocycles. The van der Waals surface area contributed by atoms with E-state index >= 15 is 0 Å². The summed E-state index contributed by atoms with van der Waals surface area (Å²) in [6.07, 6.45) is 7.58. The molecule has 0 radical (unpaired) electrons. The van der Waals surface area contributed by atoms with Crippen molar-refractivity contribution >= 4 is 23.5 Å². The van der Waals surface area contributed by atoms with E-state index in [1.54, 1.807) is 0 Å². The van der Waals surface area contributed by atoms with E-state index in [-0.39, 0.29) is 52.2 Å². The Labute approximate surface area is 214 Å². The van der Waals surface area contributed by atoms with E-state index in [2.05, 4.69) is 26.8 Å². The molecule has 6 aliphatic rings. The summed E-state index contributed by atoms with van der Waals surface area (Å²) in [5.41, 5.74) is 1.83. The fourth-order valence-electron chi connectivity index (χ4n) is 9.98. The Morgan fingerprint density at radius 2 is 1.83 bits per heavy atom. The predicted octanol–water partition coefficient (Wildman–Crippen LogP) is 6.01. The third-order valence-corrected chi connectivity index (χ3v) is 11.4. The average molecular weight is 490 g/mol. The van der Waals surface area contributed by atoms with E-state index in [9.17, 15) is 19.5 Å². The highest BCUT2D eigenvalue weighted by Crippen LogP contribution is 2.74. The van der Waals surface area contributed by atoms with Crippen LogP contribution in [0.4, 0.5) is 5.69 Å². The molecule has 2 bridgehead atoms. The van der Waals surface area contributed by atoms with Crippen molar-refractivity contribution in [2.24, 2.45) is 51.8 Å². The van der Waals surface area contributed by atoms with Gasteiger partial charge in [-0.2, -0.15) is 0 Å². The summed E-state index contributed by atoms with van der Waals surface area (Å²) in [5.74, 6) is -0.679. The molecule has 1 N–H and O–H groups in total. The van der Waals surface area contributed by atoms with E-state index < -0.39 is 11.4 Å². The number of anilines is 1. The van der Waals surface area contributed by atoms with Crippen LogP contribution in [0.3, 0.4) is 0 Å². The van der Waals surface area contributed by atoms with Crippen molar-refractivity contribution in [1.29, 1.82) is 0 Å². The standard InChI is InChI=1S/C31H39NO4/c1-17(2)21-16-31-13-10-22-29(4,11-7-12-30(22,5)28(35)36)23(31)15-20(21)24-25(31)27(34)32(26(24)33)19-9-6-8-18(3)14-19/h6,8-9,14,16-17,20,22-25H,7,10-13,15H2,1-5H3,(H,35,36)/t20-,22+,23+,24-,25-,29-,30+,31-/m0/s1. The molecule has 5 heteroatoms. The number of benzene rings is 1. The zero-order chi connectivity index (χ0) is 25.8. The summed E-state index contributed by atoms with van der Waals surface area (Å²) in [5, 5.41) is 10.3. The van der Waals surface area contributed by atoms with Crippen LogP contribution in [-0.2, 0) is 14.4 Å². The molecule has 1 aromatic carbocycles. The van der Waals surface area contributed by atoms with Crippen LogP contribution in [0.1, 0.15) is 71.8 Å². The third-order valence-electron chi connectivity index (χ3n) is 11.4. The Morgan fingerprint density at radius 1 is 1.08 bits per heavy atom. The zero-order valence-corrected chi connectivity index (χ0v) is 22.2. The molecule has 4 fully saturated rings. The van der Waals surface area contributed by atoms with Crippen LogP contribution in [0, 0.1) is 58.7 Å². The highest BCUT2D eigenvalue weighted by atomic mass is 16.4. The number of amides is 2. The van der Waals surface area contributed by atoms with E-state index in [1.165, 1.54) is 10.5 Å². The first-order valence-electron chi connectivity index (χ1n) is 13.9. The number of imide groups is 1. The first kappa shape index (κ1) is 23.9. The van der Waals surface area contributed by atoms with Gasteiger partial charge in [-0.25, -0.2) is 4.90 Å². The summed E-state index contributed by atoms with van der Waals surface area (Å²) < 4.78 is 0. The summed E-state index contributed by atoms with van der Waals surface area (Å²) in [6, 6.07) is 7.73. The molecule has 5 nitrogen and oxygen atoms in total. The van der Waals surface area contributed by atoms with Crippen molar-refractivity contribution in [3.63, 3.8) is 0 Å². The van der Waals surface area contributed by atoms with Crippen LogP contribution >= 0.6 is 0 Å². The number of allylic oxidation sites excluding steroid dienone is 2. The smallest absolute Gasteiger partial charge is 0.309 e.